The number of nitrogens with one attached hydrogen (secondary N) is 2. The molecule has 7 heteroatoms. The zero-order chi connectivity index (χ0) is 22.2. The van der Waals surface area contributed by atoms with Crippen LogP contribution in [0.4, 0.5) is 0 Å². The molecule has 2 aromatic rings. The summed E-state index contributed by atoms with van der Waals surface area (Å²) in [7, 11) is 0. The van der Waals surface area contributed by atoms with Crippen LogP contribution in [0.5, 0.6) is 0 Å². The second kappa shape index (κ2) is 8.83. The third-order valence-corrected chi connectivity index (χ3v) is 6.92. The Hall–Kier alpha value is -2.05. The second-order valence-corrected chi connectivity index (χ2v) is 9.90. The van der Waals surface area contributed by atoms with E-state index in [1.807, 2.05) is 30.0 Å². The lowest BCUT2D eigenvalue weighted by Crippen LogP contribution is -2.47. The number of aromatic amines is 1. The molecular weight excluding hydrogens is 414 g/mol. The maximum absolute atomic E-state index is 12.8. The van der Waals surface area contributed by atoms with E-state index in [1.54, 1.807) is 0 Å². The lowest BCUT2D eigenvalue weighted by Gasteiger charge is -2.39. The Kier molecular flexibility index (Phi) is 6.31. The van der Waals surface area contributed by atoms with E-state index in [4.69, 9.17) is 16.3 Å². The fourth-order valence-electron chi connectivity index (χ4n) is 4.87. The van der Waals surface area contributed by atoms with Gasteiger partial charge in [-0.2, -0.15) is 0 Å². The molecule has 3 heterocycles. The monoisotopic (exact) mass is 445 g/mol. The van der Waals surface area contributed by atoms with E-state index in [0.717, 1.165) is 55.2 Å². The summed E-state index contributed by atoms with van der Waals surface area (Å²) in [6, 6.07) is 5.58. The molecule has 31 heavy (non-hydrogen) atoms. The lowest BCUT2D eigenvalue weighted by molar-refractivity contribution is -0.138. The van der Waals surface area contributed by atoms with Gasteiger partial charge in [0.15, 0.2) is 0 Å². The van der Waals surface area contributed by atoms with Crippen molar-refractivity contribution in [3.8, 4) is 0 Å². The van der Waals surface area contributed by atoms with Gasteiger partial charge in [-0.25, -0.2) is 0 Å². The van der Waals surface area contributed by atoms with Crippen LogP contribution >= 0.6 is 11.6 Å². The van der Waals surface area contributed by atoms with Gasteiger partial charge in [-0.05, 0) is 62.3 Å². The van der Waals surface area contributed by atoms with Gasteiger partial charge in [-0.1, -0.05) is 25.4 Å². The molecule has 2 aliphatic rings. The number of nitrogens with zero attached hydrogens (tertiary/aromatic N) is 1. The first-order valence-electron chi connectivity index (χ1n) is 11.3. The third-order valence-electron chi connectivity index (χ3n) is 6.69. The maximum Gasteiger partial charge on any atom is 0.268 e. The van der Waals surface area contributed by atoms with Crippen molar-refractivity contribution in [3.63, 3.8) is 0 Å². The number of carbonyl (C=O) groups excluding carboxylic acids is 2. The van der Waals surface area contributed by atoms with E-state index in [0.29, 0.717) is 29.6 Å². The number of aromatic nitrogens is 1. The summed E-state index contributed by atoms with van der Waals surface area (Å²) in [5.41, 5.74) is 2.23. The highest BCUT2D eigenvalue weighted by molar-refractivity contribution is 6.31. The van der Waals surface area contributed by atoms with Crippen molar-refractivity contribution in [2.45, 2.75) is 64.6 Å². The summed E-state index contributed by atoms with van der Waals surface area (Å²) in [4.78, 5) is 30.3. The van der Waals surface area contributed by atoms with Gasteiger partial charge in [0.1, 0.15) is 5.69 Å². The number of aryl methyl sites for hydroxylation is 1. The molecule has 1 atom stereocenters. The summed E-state index contributed by atoms with van der Waals surface area (Å²) in [6.45, 7) is 8.11. The van der Waals surface area contributed by atoms with Gasteiger partial charge in [-0.3, -0.25) is 9.59 Å². The SMILES string of the molecule is Cc1c(C(=O)NC[C@H]2CCC3(CCN(C(=O)CC(C)C)CC3)O2)[nH]c2ccc(Cl)cc12. The molecule has 2 N–H and O–H groups in total. The topological polar surface area (TPSA) is 74.4 Å². The molecule has 1 aromatic carbocycles. The Morgan fingerprint density at radius 3 is 2.74 bits per heavy atom. The number of likely N-dealkylation sites (tertiary alicyclic amines) is 1. The number of carbonyl (C=O) groups is 2. The van der Waals surface area contributed by atoms with E-state index in [1.165, 1.54) is 0 Å². The van der Waals surface area contributed by atoms with Crippen LogP contribution in [0.15, 0.2) is 18.2 Å². The average Bonchev–Trinajstić information content (AvgIpc) is 3.27. The number of ether oxygens (including phenoxy) is 1. The lowest BCUT2D eigenvalue weighted by atomic mass is 9.88. The zero-order valence-corrected chi connectivity index (χ0v) is 19.3. The Labute approximate surface area is 188 Å². The number of benzene rings is 1. The molecular formula is C24H32ClN3O3. The van der Waals surface area contributed by atoms with Crippen LogP contribution in [0, 0.1) is 12.8 Å². The van der Waals surface area contributed by atoms with Gasteiger partial charge in [0.05, 0.1) is 11.7 Å². The summed E-state index contributed by atoms with van der Waals surface area (Å²) < 4.78 is 6.41. The minimum absolute atomic E-state index is 0.0148. The molecule has 168 valence electrons. The Bertz CT molecular complexity index is 976. The van der Waals surface area contributed by atoms with Gasteiger partial charge in [0.2, 0.25) is 5.91 Å². The minimum Gasteiger partial charge on any atom is -0.370 e. The van der Waals surface area contributed by atoms with Crippen molar-refractivity contribution in [2.24, 2.45) is 5.92 Å². The van der Waals surface area contributed by atoms with E-state index in [9.17, 15) is 9.59 Å². The summed E-state index contributed by atoms with van der Waals surface area (Å²) in [6.07, 6.45) is 4.31. The minimum atomic E-state index is -0.141. The molecule has 1 aromatic heterocycles. The summed E-state index contributed by atoms with van der Waals surface area (Å²) in [5.74, 6) is 0.516. The molecule has 1 spiro atoms. The van der Waals surface area contributed by atoms with E-state index >= 15 is 0 Å². The first-order valence-corrected chi connectivity index (χ1v) is 11.7. The number of hydrogen-bond donors (Lipinski definition) is 2. The smallest absolute Gasteiger partial charge is 0.268 e. The fourth-order valence-corrected chi connectivity index (χ4v) is 5.04. The van der Waals surface area contributed by atoms with Crippen LogP contribution in [-0.4, -0.2) is 53.0 Å². The van der Waals surface area contributed by atoms with Crippen molar-refractivity contribution in [2.75, 3.05) is 19.6 Å². The van der Waals surface area contributed by atoms with Crippen LogP contribution < -0.4 is 5.32 Å². The molecule has 0 saturated carbocycles. The second-order valence-electron chi connectivity index (χ2n) is 9.47. The molecule has 2 saturated heterocycles. The van der Waals surface area contributed by atoms with Gasteiger partial charge >= 0.3 is 0 Å². The van der Waals surface area contributed by atoms with Crippen LogP contribution in [0.25, 0.3) is 10.9 Å². The number of halogens is 1. The van der Waals surface area contributed by atoms with Crippen molar-refractivity contribution < 1.29 is 14.3 Å². The molecule has 2 aliphatic heterocycles. The van der Waals surface area contributed by atoms with Gasteiger partial charge in [0.25, 0.3) is 5.91 Å². The quantitative estimate of drug-likeness (QED) is 0.714. The van der Waals surface area contributed by atoms with Crippen LogP contribution in [0.3, 0.4) is 0 Å². The van der Waals surface area contributed by atoms with Crippen molar-refractivity contribution in [1.82, 2.24) is 15.2 Å². The molecule has 2 amide bonds. The van der Waals surface area contributed by atoms with Gasteiger partial charge in [0, 0.05) is 42.0 Å². The van der Waals surface area contributed by atoms with Gasteiger partial charge < -0.3 is 19.9 Å². The maximum atomic E-state index is 12.8. The predicted molar refractivity (Wildman–Crippen MR) is 122 cm³/mol. The molecule has 0 radical (unpaired) electrons. The Morgan fingerprint density at radius 1 is 1.29 bits per heavy atom. The zero-order valence-electron chi connectivity index (χ0n) is 18.6. The number of H-pyrrole nitrogens is 1. The number of rotatable bonds is 5. The van der Waals surface area contributed by atoms with Crippen molar-refractivity contribution in [1.29, 1.82) is 0 Å². The number of piperidine rings is 1. The van der Waals surface area contributed by atoms with E-state index in [-0.39, 0.29) is 23.5 Å². The number of hydrogen-bond acceptors (Lipinski definition) is 3. The average molecular weight is 446 g/mol. The molecule has 4 rings (SSSR count). The van der Waals surface area contributed by atoms with Crippen molar-refractivity contribution >= 4 is 34.3 Å². The standard InChI is InChI=1S/C24H32ClN3O3/c1-15(2)12-21(29)28-10-8-24(9-11-28)7-6-18(31-24)14-26-23(30)22-16(3)19-13-17(25)4-5-20(19)27-22/h4-5,13,15,18,27H,6-12,14H2,1-3H3,(H,26,30)/t18-/m1/s1. The molecule has 0 unspecified atom stereocenters. The summed E-state index contributed by atoms with van der Waals surface area (Å²) in [5, 5.41) is 4.66. The van der Waals surface area contributed by atoms with Gasteiger partial charge in [-0.15, -0.1) is 0 Å². The molecule has 6 nitrogen and oxygen atoms in total. The highest BCUT2D eigenvalue weighted by Crippen LogP contribution is 2.39. The third kappa shape index (κ3) is 4.75. The first-order chi connectivity index (χ1) is 14.8. The highest BCUT2D eigenvalue weighted by Gasteiger charge is 2.43. The number of fused-ring (bicyclic) bond motifs is 1. The van der Waals surface area contributed by atoms with Crippen molar-refractivity contribution in [3.05, 3.63) is 34.5 Å². The fraction of sp³-hybridized carbons (Fsp3) is 0.583. The Balaban J connectivity index is 1.30. The predicted octanol–water partition coefficient (Wildman–Crippen LogP) is 4.45. The van der Waals surface area contributed by atoms with E-state index < -0.39 is 0 Å². The normalized spacial score (nSPS) is 20.7. The highest BCUT2D eigenvalue weighted by atomic mass is 35.5. The molecule has 2 fully saturated rings. The Morgan fingerprint density at radius 2 is 2.03 bits per heavy atom. The van der Waals surface area contributed by atoms with E-state index in [2.05, 4.69) is 24.1 Å². The van der Waals surface area contributed by atoms with Crippen LogP contribution in [-0.2, 0) is 9.53 Å². The first kappa shape index (κ1) is 22.2. The molecule has 0 aliphatic carbocycles. The van der Waals surface area contributed by atoms with Crippen LogP contribution in [0.2, 0.25) is 5.02 Å². The van der Waals surface area contributed by atoms with Crippen LogP contribution in [0.1, 0.15) is 62.0 Å². The molecule has 0 bridgehead atoms. The largest absolute Gasteiger partial charge is 0.370 e. The number of amides is 2. The summed E-state index contributed by atoms with van der Waals surface area (Å²) >= 11 is 6.09.